The molecule has 1 aliphatic rings. The lowest BCUT2D eigenvalue weighted by Gasteiger charge is -2.19. The van der Waals surface area contributed by atoms with Crippen molar-refractivity contribution in [3.8, 4) is 0 Å². The number of rotatable bonds is 4. The van der Waals surface area contributed by atoms with Gasteiger partial charge in [0.1, 0.15) is 0 Å². The molecule has 3 heterocycles. The Labute approximate surface area is 148 Å². The van der Waals surface area contributed by atoms with E-state index in [0.29, 0.717) is 10.8 Å². The summed E-state index contributed by atoms with van der Waals surface area (Å²) in [5.41, 5.74) is 0.615. The lowest BCUT2D eigenvalue weighted by Crippen LogP contribution is -2.35. The molecule has 0 bridgehead atoms. The molecule has 0 aliphatic carbocycles. The standard InChI is InChI=1S/C16H18ClN3O3S/c17-15-12(20-9-10-24-16(20)18-15)5-6-14(22)23-11-13(21)19-7-3-1-2-4-8-19/h5-6,9-10H,1-4,7-8,11H2/b6-5+. The molecule has 1 amide bonds. The van der Waals surface area contributed by atoms with Crippen LogP contribution in [0, 0.1) is 0 Å². The van der Waals surface area contributed by atoms with Crippen LogP contribution >= 0.6 is 22.9 Å². The second kappa shape index (κ2) is 7.81. The Bertz CT molecular complexity index is 760. The average molecular weight is 368 g/mol. The summed E-state index contributed by atoms with van der Waals surface area (Å²) >= 11 is 7.50. The molecule has 3 rings (SSSR count). The van der Waals surface area contributed by atoms with Crippen molar-refractivity contribution < 1.29 is 14.3 Å². The van der Waals surface area contributed by atoms with Gasteiger partial charge in [-0.25, -0.2) is 9.78 Å². The van der Waals surface area contributed by atoms with Gasteiger partial charge in [-0.2, -0.15) is 0 Å². The predicted octanol–water partition coefficient (Wildman–Crippen LogP) is 3.01. The molecule has 1 saturated heterocycles. The summed E-state index contributed by atoms with van der Waals surface area (Å²) in [5, 5.41) is 2.21. The van der Waals surface area contributed by atoms with E-state index >= 15 is 0 Å². The zero-order valence-electron chi connectivity index (χ0n) is 13.1. The maximum atomic E-state index is 12.1. The summed E-state index contributed by atoms with van der Waals surface area (Å²) in [6, 6.07) is 0. The fourth-order valence-electron chi connectivity index (χ4n) is 2.67. The second-order valence-electron chi connectivity index (χ2n) is 5.58. The SMILES string of the molecule is O=C(/C=C/c1c(Cl)nc2sccn12)OCC(=O)N1CCCCCC1. The number of thiazole rings is 1. The third kappa shape index (κ3) is 3.96. The zero-order valence-corrected chi connectivity index (χ0v) is 14.7. The first-order valence-electron chi connectivity index (χ1n) is 7.89. The van der Waals surface area contributed by atoms with Crippen LogP contribution in [-0.4, -0.2) is 45.9 Å². The van der Waals surface area contributed by atoms with Crippen LogP contribution in [0.1, 0.15) is 31.4 Å². The van der Waals surface area contributed by atoms with Crippen molar-refractivity contribution >= 4 is 45.9 Å². The predicted molar refractivity (Wildman–Crippen MR) is 93.1 cm³/mol. The van der Waals surface area contributed by atoms with Gasteiger partial charge in [-0.1, -0.05) is 24.4 Å². The normalized spacial score (nSPS) is 15.8. The van der Waals surface area contributed by atoms with Gasteiger partial charge in [0.05, 0.1) is 5.69 Å². The van der Waals surface area contributed by atoms with Gasteiger partial charge in [-0.3, -0.25) is 9.20 Å². The van der Waals surface area contributed by atoms with E-state index < -0.39 is 5.97 Å². The molecule has 0 saturated carbocycles. The summed E-state index contributed by atoms with van der Waals surface area (Å²) in [7, 11) is 0. The van der Waals surface area contributed by atoms with E-state index in [1.807, 2.05) is 11.6 Å². The Morgan fingerprint density at radius 3 is 2.79 bits per heavy atom. The smallest absolute Gasteiger partial charge is 0.331 e. The molecule has 0 aromatic carbocycles. The number of hydrogen-bond acceptors (Lipinski definition) is 5. The van der Waals surface area contributed by atoms with Gasteiger partial charge in [0.15, 0.2) is 16.7 Å². The fraction of sp³-hybridized carbons (Fsp3) is 0.438. The lowest BCUT2D eigenvalue weighted by molar-refractivity contribution is -0.148. The third-order valence-corrected chi connectivity index (χ3v) is 4.96. The van der Waals surface area contributed by atoms with Crippen molar-refractivity contribution in [2.45, 2.75) is 25.7 Å². The molecule has 24 heavy (non-hydrogen) atoms. The van der Waals surface area contributed by atoms with Crippen molar-refractivity contribution in [2.24, 2.45) is 0 Å². The van der Waals surface area contributed by atoms with Crippen molar-refractivity contribution in [2.75, 3.05) is 19.7 Å². The van der Waals surface area contributed by atoms with Gasteiger partial charge in [0.2, 0.25) is 0 Å². The highest BCUT2D eigenvalue weighted by Gasteiger charge is 2.16. The Hall–Kier alpha value is -1.86. The van der Waals surface area contributed by atoms with Crippen molar-refractivity contribution in [1.29, 1.82) is 0 Å². The molecule has 2 aromatic rings. The van der Waals surface area contributed by atoms with Crippen LogP contribution in [0.15, 0.2) is 17.7 Å². The number of amides is 1. The zero-order chi connectivity index (χ0) is 16.9. The van der Waals surface area contributed by atoms with Crippen LogP contribution < -0.4 is 0 Å². The molecular weight excluding hydrogens is 350 g/mol. The van der Waals surface area contributed by atoms with Gasteiger partial charge < -0.3 is 9.64 Å². The van der Waals surface area contributed by atoms with E-state index in [2.05, 4.69) is 4.98 Å². The maximum Gasteiger partial charge on any atom is 0.331 e. The van der Waals surface area contributed by atoms with Crippen LogP contribution in [0.2, 0.25) is 5.15 Å². The van der Waals surface area contributed by atoms with Crippen molar-refractivity contribution in [3.05, 3.63) is 28.5 Å². The number of carbonyl (C=O) groups is 2. The number of carbonyl (C=O) groups excluding carboxylic acids is 2. The molecule has 128 valence electrons. The van der Waals surface area contributed by atoms with Gasteiger partial charge in [0, 0.05) is 30.7 Å². The highest BCUT2D eigenvalue weighted by Crippen LogP contribution is 2.22. The number of halogens is 1. The highest BCUT2D eigenvalue weighted by atomic mass is 35.5. The fourth-order valence-corrected chi connectivity index (χ4v) is 3.67. The largest absolute Gasteiger partial charge is 0.452 e. The number of nitrogens with zero attached hydrogens (tertiary/aromatic N) is 3. The summed E-state index contributed by atoms with van der Waals surface area (Å²) in [4.78, 5) is 30.6. The van der Waals surface area contributed by atoms with E-state index in [-0.39, 0.29) is 12.5 Å². The summed E-state index contributed by atoms with van der Waals surface area (Å²) in [5.74, 6) is -0.708. The maximum absolute atomic E-state index is 12.1. The number of hydrogen-bond donors (Lipinski definition) is 0. The lowest BCUT2D eigenvalue weighted by atomic mass is 10.2. The quantitative estimate of drug-likeness (QED) is 0.615. The number of likely N-dealkylation sites (tertiary alicyclic amines) is 1. The molecule has 0 spiro atoms. The molecule has 0 unspecified atom stereocenters. The Morgan fingerprint density at radius 1 is 1.29 bits per heavy atom. The van der Waals surface area contributed by atoms with E-state index in [0.717, 1.165) is 43.7 Å². The minimum Gasteiger partial charge on any atom is -0.452 e. The molecule has 2 aromatic heterocycles. The van der Waals surface area contributed by atoms with Gasteiger partial charge in [-0.15, -0.1) is 11.3 Å². The third-order valence-electron chi connectivity index (χ3n) is 3.93. The molecule has 6 nitrogen and oxygen atoms in total. The summed E-state index contributed by atoms with van der Waals surface area (Å²) in [6.07, 6.45) is 8.96. The first-order valence-corrected chi connectivity index (χ1v) is 9.14. The van der Waals surface area contributed by atoms with Crippen LogP contribution in [0.5, 0.6) is 0 Å². The average Bonchev–Trinajstić information content (AvgIpc) is 3.00. The second-order valence-corrected chi connectivity index (χ2v) is 6.81. The monoisotopic (exact) mass is 367 g/mol. The first-order chi connectivity index (χ1) is 11.6. The number of imidazole rings is 1. The van der Waals surface area contributed by atoms with Crippen molar-refractivity contribution in [1.82, 2.24) is 14.3 Å². The van der Waals surface area contributed by atoms with Crippen molar-refractivity contribution in [3.63, 3.8) is 0 Å². The van der Waals surface area contributed by atoms with Gasteiger partial charge >= 0.3 is 5.97 Å². The van der Waals surface area contributed by atoms with E-state index in [4.69, 9.17) is 16.3 Å². The topological polar surface area (TPSA) is 63.9 Å². The minimum atomic E-state index is -0.570. The van der Waals surface area contributed by atoms with Crippen LogP contribution in [0.25, 0.3) is 11.0 Å². The van der Waals surface area contributed by atoms with E-state index in [1.54, 1.807) is 15.4 Å². The number of ether oxygens (including phenoxy) is 1. The summed E-state index contributed by atoms with van der Waals surface area (Å²) in [6.45, 7) is 1.26. The molecular formula is C16H18ClN3O3S. The van der Waals surface area contributed by atoms with Crippen LogP contribution in [-0.2, 0) is 14.3 Å². The number of aromatic nitrogens is 2. The molecule has 1 aliphatic heterocycles. The Morgan fingerprint density at radius 2 is 2.04 bits per heavy atom. The van der Waals surface area contributed by atoms with Crippen LogP contribution in [0.4, 0.5) is 0 Å². The minimum absolute atomic E-state index is 0.138. The molecule has 8 heteroatoms. The Kier molecular flexibility index (Phi) is 5.52. The van der Waals surface area contributed by atoms with E-state index in [1.165, 1.54) is 17.4 Å². The molecule has 0 N–H and O–H groups in total. The summed E-state index contributed by atoms with van der Waals surface area (Å²) < 4.78 is 6.83. The van der Waals surface area contributed by atoms with Gasteiger partial charge in [0.25, 0.3) is 5.91 Å². The van der Waals surface area contributed by atoms with Gasteiger partial charge in [-0.05, 0) is 18.9 Å². The number of fused-ring (bicyclic) bond motifs is 1. The molecule has 1 fully saturated rings. The highest BCUT2D eigenvalue weighted by molar-refractivity contribution is 7.15. The van der Waals surface area contributed by atoms with E-state index in [9.17, 15) is 9.59 Å². The van der Waals surface area contributed by atoms with Crippen LogP contribution in [0.3, 0.4) is 0 Å². The number of esters is 1. The molecule has 0 atom stereocenters. The Balaban J connectivity index is 1.54. The molecule has 0 radical (unpaired) electrons. The first kappa shape index (κ1) is 17.0.